The Morgan fingerprint density at radius 1 is 1.00 bits per heavy atom. The fourth-order valence-corrected chi connectivity index (χ4v) is 4.31. The first-order valence-electron chi connectivity index (χ1n) is 6.30. The van der Waals surface area contributed by atoms with Crippen LogP contribution in [0.1, 0.15) is 34.6 Å². The predicted octanol–water partition coefficient (Wildman–Crippen LogP) is 3.81. The van der Waals surface area contributed by atoms with E-state index in [0.717, 1.165) is 0 Å². The SMILES string of the molecule is CC(C[Si](C)(C)C)B1OC(C)(C)C(C)(C)O1. The third-order valence-corrected chi connectivity index (χ3v) is 5.54. The minimum atomic E-state index is -1.04. The molecule has 1 saturated heterocycles. The van der Waals surface area contributed by atoms with Crippen molar-refractivity contribution in [3.63, 3.8) is 0 Å². The van der Waals surface area contributed by atoms with Gasteiger partial charge in [-0.25, -0.2) is 0 Å². The van der Waals surface area contributed by atoms with Crippen LogP contribution in [0.2, 0.25) is 31.5 Å². The van der Waals surface area contributed by atoms with Crippen LogP contribution in [-0.4, -0.2) is 26.4 Å². The van der Waals surface area contributed by atoms with Crippen LogP contribution in [0.15, 0.2) is 0 Å². The summed E-state index contributed by atoms with van der Waals surface area (Å²) in [6.07, 6.45) is 0. The van der Waals surface area contributed by atoms with E-state index in [1.165, 1.54) is 6.04 Å². The molecule has 1 rings (SSSR count). The number of rotatable bonds is 3. The van der Waals surface area contributed by atoms with Crippen molar-refractivity contribution < 1.29 is 9.31 Å². The molecule has 1 aliphatic heterocycles. The van der Waals surface area contributed by atoms with Crippen molar-refractivity contribution in [3.05, 3.63) is 0 Å². The second kappa shape index (κ2) is 4.14. The van der Waals surface area contributed by atoms with Gasteiger partial charge in [0.2, 0.25) is 0 Å². The first kappa shape index (κ1) is 14.3. The van der Waals surface area contributed by atoms with Crippen LogP contribution in [0.25, 0.3) is 0 Å². The van der Waals surface area contributed by atoms with Gasteiger partial charge in [0.15, 0.2) is 0 Å². The number of hydrogen-bond donors (Lipinski definition) is 0. The maximum atomic E-state index is 6.07. The summed E-state index contributed by atoms with van der Waals surface area (Å²) in [5.74, 6) is 0.493. The Morgan fingerprint density at radius 3 is 1.69 bits per heavy atom. The van der Waals surface area contributed by atoms with Gasteiger partial charge in [-0.3, -0.25) is 0 Å². The highest BCUT2D eigenvalue weighted by molar-refractivity contribution is 6.77. The van der Waals surface area contributed by atoms with Gasteiger partial charge >= 0.3 is 7.12 Å². The summed E-state index contributed by atoms with van der Waals surface area (Å²) in [7, 11) is -1.07. The van der Waals surface area contributed by atoms with E-state index in [2.05, 4.69) is 54.3 Å². The van der Waals surface area contributed by atoms with Crippen LogP contribution in [0.5, 0.6) is 0 Å². The van der Waals surface area contributed by atoms with Gasteiger partial charge in [-0.15, -0.1) is 0 Å². The molecule has 4 heteroatoms. The van der Waals surface area contributed by atoms with Gasteiger partial charge in [0, 0.05) is 8.07 Å². The van der Waals surface area contributed by atoms with Crippen LogP contribution < -0.4 is 0 Å². The lowest BCUT2D eigenvalue weighted by atomic mass is 9.74. The van der Waals surface area contributed by atoms with Crippen LogP contribution in [0.3, 0.4) is 0 Å². The molecular formula is C12H27BO2Si. The fraction of sp³-hybridized carbons (Fsp3) is 1.00. The highest BCUT2D eigenvalue weighted by Crippen LogP contribution is 2.41. The maximum absolute atomic E-state index is 6.07. The monoisotopic (exact) mass is 242 g/mol. The van der Waals surface area contributed by atoms with E-state index in [-0.39, 0.29) is 18.3 Å². The molecule has 16 heavy (non-hydrogen) atoms. The van der Waals surface area contributed by atoms with Crippen LogP contribution in [-0.2, 0) is 9.31 Å². The molecule has 1 fully saturated rings. The van der Waals surface area contributed by atoms with Crippen molar-refractivity contribution in [2.24, 2.45) is 0 Å². The zero-order valence-corrected chi connectivity index (χ0v) is 13.2. The summed E-state index contributed by atoms with van der Waals surface area (Å²) in [6, 6.07) is 1.25. The van der Waals surface area contributed by atoms with E-state index in [0.29, 0.717) is 5.82 Å². The molecule has 2 nitrogen and oxygen atoms in total. The molecule has 1 atom stereocenters. The third-order valence-electron chi connectivity index (χ3n) is 3.67. The second-order valence-corrected chi connectivity index (χ2v) is 12.9. The summed E-state index contributed by atoms with van der Waals surface area (Å²) >= 11 is 0. The summed E-state index contributed by atoms with van der Waals surface area (Å²) in [4.78, 5) is 0. The van der Waals surface area contributed by atoms with Gasteiger partial charge in [0.25, 0.3) is 0 Å². The van der Waals surface area contributed by atoms with E-state index in [1.54, 1.807) is 0 Å². The smallest absolute Gasteiger partial charge is 0.403 e. The maximum Gasteiger partial charge on any atom is 0.460 e. The summed E-state index contributed by atoms with van der Waals surface area (Å²) in [6.45, 7) is 17.9. The molecule has 0 spiro atoms. The molecule has 1 heterocycles. The van der Waals surface area contributed by atoms with Crippen molar-refractivity contribution in [1.29, 1.82) is 0 Å². The third kappa shape index (κ3) is 3.11. The molecule has 94 valence electrons. The van der Waals surface area contributed by atoms with Crippen LogP contribution in [0.4, 0.5) is 0 Å². The Hall–Kier alpha value is 0.202. The van der Waals surface area contributed by atoms with Gasteiger partial charge in [-0.1, -0.05) is 32.6 Å². The van der Waals surface area contributed by atoms with Crippen LogP contribution >= 0.6 is 0 Å². The largest absolute Gasteiger partial charge is 0.460 e. The van der Waals surface area contributed by atoms with Crippen molar-refractivity contribution in [3.8, 4) is 0 Å². The Kier molecular flexibility index (Phi) is 3.69. The van der Waals surface area contributed by atoms with E-state index >= 15 is 0 Å². The first-order valence-corrected chi connectivity index (χ1v) is 10.0. The molecule has 0 aliphatic carbocycles. The fourth-order valence-electron chi connectivity index (χ4n) is 2.18. The van der Waals surface area contributed by atoms with Gasteiger partial charge in [0.1, 0.15) is 0 Å². The zero-order valence-electron chi connectivity index (χ0n) is 12.2. The second-order valence-electron chi connectivity index (χ2n) is 7.37. The van der Waals surface area contributed by atoms with E-state index < -0.39 is 8.07 Å². The molecule has 0 saturated carbocycles. The topological polar surface area (TPSA) is 18.5 Å². The number of hydrogen-bond acceptors (Lipinski definition) is 2. The normalized spacial score (nSPS) is 25.9. The molecule has 0 aromatic carbocycles. The summed E-state index contributed by atoms with van der Waals surface area (Å²) in [5, 5.41) is 0. The minimum Gasteiger partial charge on any atom is -0.403 e. The lowest BCUT2D eigenvalue weighted by Crippen LogP contribution is -2.41. The molecule has 0 N–H and O–H groups in total. The van der Waals surface area contributed by atoms with Gasteiger partial charge < -0.3 is 9.31 Å². The van der Waals surface area contributed by atoms with Crippen molar-refractivity contribution in [1.82, 2.24) is 0 Å². The molecule has 0 radical (unpaired) electrons. The predicted molar refractivity (Wildman–Crippen MR) is 73.7 cm³/mol. The van der Waals surface area contributed by atoms with Gasteiger partial charge in [-0.2, -0.15) is 0 Å². The highest BCUT2D eigenvalue weighted by Gasteiger charge is 2.52. The molecule has 1 unspecified atom stereocenters. The molecule has 1 aliphatic rings. The van der Waals surface area contributed by atoms with Gasteiger partial charge in [0.05, 0.1) is 11.2 Å². The average Bonchev–Trinajstić information content (AvgIpc) is 2.17. The minimum absolute atomic E-state index is 0.0308. The van der Waals surface area contributed by atoms with E-state index in [4.69, 9.17) is 9.31 Å². The van der Waals surface area contributed by atoms with Gasteiger partial charge in [-0.05, 0) is 33.5 Å². The summed E-state index contributed by atoms with van der Waals surface area (Å²) in [5.41, 5.74) is -0.378. The zero-order chi connectivity index (χ0) is 12.8. The Balaban J connectivity index is 2.66. The molecule has 0 bridgehead atoms. The summed E-state index contributed by atoms with van der Waals surface area (Å²) < 4.78 is 12.1. The standard InChI is InChI=1S/C12H27BO2Si/c1-10(9-16(6,7)8)13-14-11(2,3)12(4,5)15-13/h10H,9H2,1-8H3. The lowest BCUT2D eigenvalue weighted by molar-refractivity contribution is 0.00578. The Bertz CT molecular complexity index is 242. The van der Waals surface area contributed by atoms with E-state index in [9.17, 15) is 0 Å². The Labute approximate surface area is 102 Å². The van der Waals surface area contributed by atoms with E-state index in [1.807, 2.05) is 0 Å². The van der Waals surface area contributed by atoms with Crippen molar-refractivity contribution in [2.45, 2.75) is 77.3 Å². The van der Waals surface area contributed by atoms with Crippen LogP contribution in [0, 0.1) is 0 Å². The first-order chi connectivity index (χ1) is 6.95. The molecule has 0 amide bonds. The molecule has 0 aromatic rings. The highest BCUT2D eigenvalue weighted by atomic mass is 28.3. The van der Waals surface area contributed by atoms with Crippen molar-refractivity contribution in [2.75, 3.05) is 0 Å². The molecule has 0 aromatic heterocycles. The van der Waals surface area contributed by atoms with Crippen molar-refractivity contribution >= 4 is 15.2 Å². The quantitative estimate of drug-likeness (QED) is 0.701. The lowest BCUT2D eigenvalue weighted by Gasteiger charge is -2.32. The molecular weight excluding hydrogens is 215 g/mol. The average molecular weight is 242 g/mol. The Morgan fingerprint density at radius 2 is 1.38 bits per heavy atom.